The van der Waals surface area contributed by atoms with Crippen molar-refractivity contribution in [2.75, 3.05) is 48.0 Å². The van der Waals surface area contributed by atoms with Crippen LogP contribution in [0.4, 0.5) is 4.79 Å². The number of fused-ring (bicyclic) bond motifs is 1. The molecule has 2 aromatic carbocycles. The highest BCUT2D eigenvalue weighted by atomic mass is 16.5. The Bertz CT molecular complexity index is 1240. The lowest BCUT2D eigenvalue weighted by atomic mass is 9.96. The first-order chi connectivity index (χ1) is 19.7. The van der Waals surface area contributed by atoms with Gasteiger partial charge < -0.3 is 29.3 Å². The van der Waals surface area contributed by atoms with Crippen LogP contribution in [0, 0.1) is 5.92 Å². The number of piperazine rings is 1. The number of nitrogens with zero attached hydrogens (tertiary/aromatic N) is 4. The van der Waals surface area contributed by atoms with Gasteiger partial charge in [0.25, 0.3) is 0 Å². The van der Waals surface area contributed by atoms with E-state index >= 15 is 0 Å². The van der Waals surface area contributed by atoms with Crippen molar-refractivity contribution in [2.24, 2.45) is 5.92 Å². The Morgan fingerprint density at radius 3 is 2.29 bits per heavy atom. The van der Waals surface area contributed by atoms with E-state index in [1.54, 1.807) is 48.2 Å². The number of rotatable bonds is 10. The largest absolute Gasteiger partial charge is 0.497 e. The van der Waals surface area contributed by atoms with Gasteiger partial charge in [0, 0.05) is 20.1 Å². The van der Waals surface area contributed by atoms with E-state index in [1.807, 2.05) is 56.3 Å². The molecule has 41 heavy (non-hydrogen) atoms. The van der Waals surface area contributed by atoms with E-state index in [9.17, 15) is 14.4 Å². The maximum Gasteiger partial charge on any atom is 0.334 e. The predicted molar refractivity (Wildman–Crippen MR) is 153 cm³/mol. The molecule has 0 saturated carbocycles. The van der Waals surface area contributed by atoms with Gasteiger partial charge in [0.15, 0.2) is 11.5 Å². The van der Waals surface area contributed by atoms with Crippen LogP contribution in [-0.4, -0.2) is 97.9 Å². The molecule has 4 rings (SSSR count). The lowest BCUT2D eigenvalue weighted by Crippen LogP contribution is -2.76. The van der Waals surface area contributed by atoms with E-state index in [0.717, 1.165) is 16.9 Å². The van der Waals surface area contributed by atoms with Gasteiger partial charge in [0.05, 0.1) is 34.4 Å². The number of carbonyl (C=O) groups excluding carboxylic acids is 3. The number of likely N-dealkylation sites (N-methyl/N-ethyl adjacent to an activating group) is 1. The van der Waals surface area contributed by atoms with Gasteiger partial charge in [-0.3, -0.25) is 9.59 Å². The Morgan fingerprint density at radius 2 is 1.66 bits per heavy atom. The van der Waals surface area contributed by atoms with Gasteiger partial charge in [-0.05, 0) is 54.2 Å². The second-order valence-electron chi connectivity index (χ2n) is 10.8. The first kappa shape index (κ1) is 30.0. The lowest BCUT2D eigenvalue weighted by Gasteiger charge is -2.54. The van der Waals surface area contributed by atoms with Crippen LogP contribution in [0.25, 0.3) is 0 Å². The summed E-state index contributed by atoms with van der Waals surface area (Å²) in [6.07, 6.45) is 0.476. The standard InChI is InChI=1S/C30H41N5O6/c1-20(2)15-24-29(37)33(14-13-21-9-12-25(40-5)26(16-21)41-6)18-27-34(24)28(36)19-32(3)35(27)30(38)31-17-22-7-10-23(39-4)11-8-22/h7-12,16,20,24,27H,13-15,17-19H2,1-6H3,(H,31,38)/t24-,27-/m0/s1. The Balaban J connectivity index is 1.55. The third-order valence-corrected chi connectivity index (χ3v) is 7.56. The highest BCUT2D eigenvalue weighted by Gasteiger charge is 2.50. The van der Waals surface area contributed by atoms with Crippen molar-refractivity contribution in [3.8, 4) is 17.2 Å². The number of urea groups is 1. The summed E-state index contributed by atoms with van der Waals surface area (Å²) in [4.78, 5) is 44.1. The first-order valence-electron chi connectivity index (χ1n) is 13.9. The molecular formula is C30H41N5O6. The van der Waals surface area contributed by atoms with Crippen LogP contribution in [-0.2, 0) is 22.6 Å². The van der Waals surface area contributed by atoms with E-state index in [-0.39, 0.29) is 36.9 Å². The van der Waals surface area contributed by atoms with Crippen LogP contribution in [0.3, 0.4) is 0 Å². The van der Waals surface area contributed by atoms with Crippen LogP contribution in [0.2, 0.25) is 0 Å². The number of hydrogen-bond donors (Lipinski definition) is 1. The molecule has 0 aromatic heterocycles. The number of ether oxygens (including phenoxy) is 3. The highest BCUT2D eigenvalue weighted by Crippen LogP contribution is 2.30. The molecular weight excluding hydrogens is 526 g/mol. The molecule has 2 saturated heterocycles. The van der Waals surface area contributed by atoms with E-state index in [4.69, 9.17) is 14.2 Å². The van der Waals surface area contributed by atoms with Crippen molar-refractivity contribution in [3.05, 3.63) is 53.6 Å². The van der Waals surface area contributed by atoms with Crippen LogP contribution in [0.15, 0.2) is 42.5 Å². The normalized spacial score (nSPS) is 19.3. The van der Waals surface area contributed by atoms with Crippen LogP contribution in [0.1, 0.15) is 31.4 Å². The average Bonchev–Trinajstić information content (AvgIpc) is 2.96. The third kappa shape index (κ3) is 6.67. The zero-order valence-electron chi connectivity index (χ0n) is 24.8. The first-order valence-corrected chi connectivity index (χ1v) is 13.9. The van der Waals surface area contributed by atoms with Crippen LogP contribution in [0.5, 0.6) is 17.2 Å². The van der Waals surface area contributed by atoms with Crippen molar-refractivity contribution in [1.29, 1.82) is 0 Å². The van der Waals surface area contributed by atoms with Gasteiger partial charge in [-0.25, -0.2) is 14.8 Å². The SMILES string of the molecule is COc1ccc(CNC(=O)N2[C@H]3CN(CCc4ccc(OC)c(OC)c4)C(=O)[C@H](CC(C)C)N3C(=O)CN2C)cc1. The smallest absolute Gasteiger partial charge is 0.334 e. The molecule has 2 heterocycles. The van der Waals surface area contributed by atoms with Crippen molar-refractivity contribution in [2.45, 2.75) is 45.4 Å². The van der Waals surface area contributed by atoms with Crippen molar-refractivity contribution in [1.82, 2.24) is 25.1 Å². The second kappa shape index (κ2) is 13.1. The monoisotopic (exact) mass is 567 g/mol. The molecule has 0 radical (unpaired) electrons. The summed E-state index contributed by atoms with van der Waals surface area (Å²) in [5.74, 6) is 1.93. The van der Waals surface area contributed by atoms with E-state index in [0.29, 0.717) is 37.4 Å². The van der Waals surface area contributed by atoms with Crippen molar-refractivity contribution in [3.63, 3.8) is 0 Å². The number of benzene rings is 2. The zero-order valence-corrected chi connectivity index (χ0v) is 24.8. The van der Waals surface area contributed by atoms with Crippen molar-refractivity contribution >= 4 is 17.8 Å². The number of carbonyl (C=O) groups is 3. The Hall–Kier alpha value is -3.99. The Labute approximate surface area is 241 Å². The fraction of sp³-hybridized carbons (Fsp3) is 0.500. The summed E-state index contributed by atoms with van der Waals surface area (Å²) in [7, 11) is 6.51. The predicted octanol–water partition coefficient (Wildman–Crippen LogP) is 2.74. The van der Waals surface area contributed by atoms with Gasteiger partial charge in [0.2, 0.25) is 11.8 Å². The van der Waals surface area contributed by atoms with Crippen molar-refractivity contribution < 1.29 is 28.6 Å². The molecule has 4 amide bonds. The molecule has 222 valence electrons. The van der Waals surface area contributed by atoms with Crippen LogP contribution >= 0.6 is 0 Å². The average molecular weight is 568 g/mol. The topological polar surface area (TPSA) is 104 Å². The number of hydrazine groups is 1. The molecule has 2 aromatic rings. The minimum atomic E-state index is -0.641. The quantitative estimate of drug-likeness (QED) is 0.471. The summed E-state index contributed by atoms with van der Waals surface area (Å²) in [6.45, 7) is 5.04. The third-order valence-electron chi connectivity index (χ3n) is 7.56. The fourth-order valence-corrected chi connectivity index (χ4v) is 5.48. The molecule has 11 heteroatoms. The number of hydrogen-bond acceptors (Lipinski definition) is 7. The van der Waals surface area contributed by atoms with Gasteiger partial charge in [-0.2, -0.15) is 0 Å². The van der Waals surface area contributed by atoms with Gasteiger partial charge in [0.1, 0.15) is 18.0 Å². The van der Waals surface area contributed by atoms with Gasteiger partial charge in [-0.15, -0.1) is 0 Å². The minimum absolute atomic E-state index is 0.0139. The maximum absolute atomic E-state index is 13.8. The highest BCUT2D eigenvalue weighted by molar-refractivity contribution is 5.91. The molecule has 2 aliphatic heterocycles. The molecule has 0 bridgehead atoms. The molecule has 0 unspecified atom stereocenters. The summed E-state index contributed by atoms with van der Waals surface area (Å²) in [5, 5.41) is 6.20. The Kier molecular flexibility index (Phi) is 9.59. The van der Waals surface area contributed by atoms with E-state index in [2.05, 4.69) is 5.32 Å². The molecule has 2 aliphatic rings. The number of methoxy groups -OCH3 is 3. The summed E-state index contributed by atoms with van der Waals surface area (Å²) in [6, 6.07) is 12.2. The summed E-state index contributed by atoms with van der Waals surface area (Å²) in [5.41, 5.74) is 1.91. The number of amides is 4. The van der Waals surface area contributed by atoms with Gasteiger partial charge >= 0.3 is 6.03 Å². The van der Waals surface area contributed by atoms with Crippen LogP contribution < -0.4 is 19.5 Å². The molecule has 11 nitrogen and oxygen atoms in total. The zero-order chi connectivity index (χ0) is 29.7. The van der Waals surface area contributed by atoms with E-state index < -0.39 is 12.2 Å². The fourth-order valence-electron chi connectivity index (χ4n) is 5.48. The number of nitrogens with one attached hydrogen (secondary N) is 1. The van der Waals surface area contributed by atoms with E-state index in [1.165, 1.54) is 0 Å². The molecule has 2 atom stereocenters. The summed E-state index contributed by atoms with van der Waals surface area (Å²) >= 11 is 0. The molecule has 0 spiro atoms. The molecule has 0 aliphatic carbocycles. The minimum Gasteiger partial charge on any atom is -0.497 e. The second-order valence-corrected chi connectivity index (χ2v) is 10.8. The Morgan fingerprint density at radius 1 is 0.976 bits per heavy atom. The molecule has 2 fully saturated rings. The van der Waals surface area contributed by atoms with Gasteiger partial charge in [-0.1, -0.05) is 32.0 Å². The summed E-state index contributed by atoms with van der Waals surface area (Å²) < 4.78 is 16.0. The maximum atomic E-state index is 13.8. The molecule has 1 N–H and O–H groups in total. The lowest BCUT2D eigenvalue weighted by molar-refractivity contribution is -0.187.